The summed E-state index contributed by atoms with van der Waals surface area (Å²) in [5.74, 6) is 0. The van der Waals surface area contributed by atoms with Crippen LogP contribution in [0.15, 0.2) is 23.1 Å². The van der Waals surface area contributed by atoms with E-state index >= 15 is 0 Å². The van der Waals surface area contributed by atoms with E-state index in [1.807, 2.05) is 13.1 Å². The molecular formula is C14H23N3O2S. The van der Waals surface area contributed by atoms with E-state index in [0.717, 1.165) is 30.5 Å². The van der Waals surface area contributed by atoms with E-state index in [1.165, 1.54) is 0 Å². The highest BCUT2D eigenvalue weighted by atomic mass is 32.2. The van der Waals surface area contributed by atoms with E-state index in [4.69, 9.17) is 5.73 Å². The van der Waals surface area contributed by atoms with E-state index in [2.05, 4.69) is 9.62 Å². The molecule has 0 saturated carbocycles. The number of rotatable bonds is 5. The summed E-state index contributed by atoms with van der Waals surface area (Å²) in [5, 5.41) is 0. The highest BCUT2D eigenvalue weighted by Crippen LogP contribution is 2.18. The van der Waals surface area contributed by atoms with Gasteiger partial charge in [-0.25, -0.2) is 13.1 Å². The predicted molar refractivity (Wildman–Crippen MR) is 79.9 cm³/mol. The van der Waals surface area contributed by atoms with Gasteiger partial charge in [-0.1, -0.05) is 12.1 Å². The molecule has 6 heteroatoms. The maximum atomic E-state index is 12.4. The first kappa shape index (κ1) is 15.4. The lowest BCUT2D eigenvalue weighted by molar-refractivity contribution is 0.311. The fourth-order valence-corrected chi connectivity index (χ4v) is 3.95. The van der Waals surface area contributed by atoms with Crippen LogP contribution in [0.2, 0.25) is 0 Å². The van der Waals surface area contributed by atoms with E-state index in [9.17, 15) is 8.42 Å². The summed E-state index contributed by atoms with van der Waals surface area (Å²) in [7, 11) is -1.43. The number of hydrogen-bond donors (Lipinski definition) is 2. The molecule has 112 valence electrons. The average molecular weight is 297 g/mol. The largest absolute Gasteiger partial charge is 0.326 e. The van der Waals surface area contributed by atoms with Crippen molar-refractivity contribution in [1.29, 1.82) is 0 Å². The predicted octanol–water partition coefficient (Wildman–Crippen LogP) is 0.826. The summed E-state index contributed by atoms with van der Waals surface area (Å²) < 4.78 is 27.6. The lowest BCUT2D eigenvalue weighted by atomic mass is 10.1. The summed E-state index contributed by atoms with van der Waals surface area (Å²) in [6.45, 7) is 3.64. The SMILES string of the molecule is Cc1ccc(CN)cc1S(=O)(=O)NCC1CCCN1C. The van der Waals surface area contributed by atoms with Gasteiger partial charge in [0.15, 0.2) is 0 Å². The van der Waals surface area contributed by atoms with Crippen molar-refractivity contribution in [3.8, 4) is 0 Å². The van der Waals surface area contributed by atoms with Gasteiger partial charge in [0.05, 0.1) is 4.90 Å². The van der Waals surface area contributed by atoms with Crippen LogP contribution in [-0.2, 0) is 16.6 Å². The summed E-state index contributed by atoms with van der Waals surface area (Å²) in [4.78, 5) is 2.53. The van der Waals surface area contributed by atoms with Crippen LogP contribution in [0.5, 0.6) is 0 Å². The van der Waals surface area contributed by atoms with Crippen molar-refractivity contribution in [3.05, 3.63) is 29.3 Å². The zero-order chi connectivity index (χ0) is 14.8. The Morgan fingerprint density at radius 2 is 2.20 bits per heavy atom. The Bertz CT molecular complexity index is 572. The number of nitrogens with two attached hydrogens (primary N) is 1. The summed E-state index contributed by atoms with van der Waals surface area (Å²) in [6.07, 6.45) is 2.17. The molecule has 0 aliphatic carbocycles. The third kappa shape index (κ3) is 3.38. The second-order valence-electron chi connectivity index (χ2n) is 5.43. The van der Waals surface area contributed by atoms with Crippen LogP contribution in [0.25, 0.3) is 0 Å². The number of aryl methyl sites for hydroxylation is 1. The molecule has 0 bridgehead atoms. The second-order valence-corrected chi connectivity index (χ2v) is 7.17. The van der Waals surface area contributed by atoms with Gasteiger partial charge in [-0.15, -0.1) is 0 Å². The van der Waals surface area contributed by atoms with Crippen molar-refractivity contribution in [3.63, 3.8) is 0 Å². The molecule has 1 heterocycles. The normalized spacial score (nSPS) is 20.4. The number of nitrogens with one attached hydrogen (secondary N) is 1. The maximum absolute atomic E-state index is 12.4. The first-order valence-electron chi connectivity index (χ1n) is 6.93. The van der Waals surface area contributed by atoms with Gasteiger partial charge in [0.2, 0.25) is 10.0 Å². The molecule has 1 atom stereocenters. The monoisotopic (exact) mass is 297 g/mol. The molecule has 0 radical (unpaired) electrons. The first-order valence-corrected chi connectivity index (χ1v) is 8.42. The molecule has 0 spiro atoms. The highest BCUT2D eigenvalue weighted by Gasteiger charge is 2.24. The number of nitrogens with zero attached hydrogens (tertiary/aromatic N) is 1. The fraction of sp³-hybridized carbons (Fsp3) is 0.571. The van der Waals surface area contributed by atoms with Gasteiger partial charge < -0.3 is 10.6 Å². The minimum Gasteiger partial charge on any atom is -0.326 e. The zero-order valence-corrected chi connectivity index (χ0v) is 12.9. The quantitative estimate of drug-likeness (QED) is 0.844. The van der Waals surface area contributed by atoms with Crippen molar-refractivity contribution in [2.45, 2.75) is 37.2 Å². The standard InChI is InChI=1S/C14H23N3O2S/c1-11-5-6-12(9-15)8-14(11)20(18,19)16-10-13-4-3-7-17(13)2/h5-6,8,13,16H,3-4,7,9-10,15H2,1-2H3. The van der Waals surface area contributed by atoms with E-state index in [-0.39, 0.29) is 0 Å². The molecule has 1 aromatic rings. The Hall–Kier alpha value is -0.950. The molecule has 1 fully saturated rings. The minimum atomic E-state index is -3.47. The zero-order valence-electron chi connectivity index (χ0n) is 12.1. The van der Waals surface area contributed by atoms with Crippen molar-refractivity contribution >= 4 is 10.0 Å². The van der Waals surface area contributed by atoms with Gasteiger partial charge in [-0.2, -0.15) is 0 Å². The van der Waals surface area contributed by atoms with Gasteiger partial charge in [0, 0.05) is 19.1 Å². The Labute approximate surface area is 121 Å². The van der Waals surface area contributed by atoms with Crippen LogP contribution in [0.1, 0.15) is 24.0 Å². The minimum absolute atomic E-state index is 0.294. The first-order chi connectivity index (χ1) is 9.44. The molecule has 1 aromatic carbocycles. The van der Waals surface area contributed by atoms with Gasteiger partial charge in [0.1, 0.15) is 0 Å². The molecule has 1 aliphatic rings. The molecule has 1 unspecified atom stereocenters. The topological polar surface area (TPSA) is 75.4 Å². The van der Waals surface area contributed by atoms with Gasteiger partial charge in [-0.05, 0) is 50.6 Å². The van der Waals surface area contributed by atoms with Crippen molar-refractivity contribution in [2.24, 2.45) is 5.73 Å². The van der Waals surface area contributed by atoms with Crippen LogP contribution < -0.4 is 10.5 Å². The molecule has 20 heavy (non-hydrogen) atoms. The Balaban J connectivity index is 2.13. The Kier molecular flexibility index (Phi) is 4.80. The molecule has 0 aromatic heterocycles. The molecular weight excluding hydrogens is 274 g/mol. The molecule has 3 N–H and O–H groups in total. The molecule has 1 aliphatic heterocycles. The lowest BCUT2D eigenvalue weighted by Gasteiger charge is -2.20. The molecule has 0 amide bonds. The third-order valence-corrected chi connectivity index (χ3v) is 5.52. The maximum Gasteiger partial charge on any atom is 0.240 e. The van der Waals surface area contributed by atoms with Crippen LogP contribution >= 0.6 is 0 Å². The number of sulfonamides is 1. The summed E-state index contributed by atoms with van der Waals surface area (Å²) >= 11 is 0. The molecule has 1 saturated heterocycles. The molecule has 5 nitrogen and oxygen atoms in total. The van der Waals surface area contributed by atoms with Gasteiger partial charge >= 0.3 is 0 Å². The van der Waals surface area contributed by atoms with E-state index in [0.29, 0.717) is 24.0 Å². The van der Waals surface area contributed by atoms with Crippen LogP contribution in [0.3, 0.4) is 0 Å². The van der Waals surface area contributed by atoms with E-state index < -0.39 is 10.0 Å². The number of likely N-dealkylation sites (N-methyl/N-ethyl adjacent to an activating group) is 1. The number of benzene rings is 1. The second kappa shape index (κ2) is 6.22. The lowest BCUT2D eigenvalue weighted by Crippen LogP contribution is -2.38. The molecule has 2 rings (SSSR count). The average Bonchev–Trinajstić information content (AvgIpc) is 2.82. The van der Waals surface area contributed by atoms with Crippen molar-refractivity contribution in [1.82, 2.24) is 9.62 Å². The van der Waals surface area contributed by atoms with E-state index in [1.54, 1.807) is 19.1 Å². The van der Waals surface area contributed by atoms with Crippen molar-refractivity contribution < 1.29 is 8.42 Å². The van der Waals surface area contributed by atoms with Gasteiger partial charge in [0.25, 0.3) is 0 Å². The van der Waals surface area contributed by atoms with Crippen molar-refractivity contribution in [2.75, 3.05) is 20.1 Å². The highest BCUT2D eigenvalue weighted by molar-refractivity contribution is 7.89. The van der Waals surface area contributed by atoms with Crippen LogP contribution in [-0.4, -0.2) is 39.5 Å². The Morgan fingerprint density at radius 1 is 1.45 bits per heavy atom. The van der Waals surface area contributed by atoms with Crippen LogP contribution in [0.4, 0.5) is 0 Å². The Morgan fingerprint density at radius 3 is 2.80 bits per heavy atom. The fourth-order valence-electron chi connectivity index (χ4n) is 2.58. The summed E-state index contributed by atoms with van der Waals surface area (Å²) in [5.41, 5.74) is 7.15. The number of likely N-dealkylation sites (tertiary alicyclic amines) is 1. The summed E-state index contributed by atoms with van der Waals surface area (Å²) in [6, 6.07) is 5.62. The van der Waals surface area contributed by atoms with Crippen LogP contribution in [0, 0.1) is 6.92 Å². The van der Waals surface area contributed by atoms with Gasteiger partial charge in [-0.3, -0.25) is 0 Å². The smallest absolute Gasteiger partial charge is 0.240 e. The third-order valence-electron chi connectivity index (χ3n) is 3.96. The number of hydrogen-bond acceptors (Lipinski definition) is 4.